The first-order valence-corrected chi connectivity index (χ1v) is 14.6. The van der Waals surface area contributed by atoms with Crippen molar-refractivity contribution in [3.63, 3.8) is 0 Å². The third-order valence-electron chi connectivity index (χ3n) is 8.05. The van der Waals surface area contributed by atoms with E-state index >= 15 is 4.39 Å². The fraction of sp³-hybridized carbons (Fsp3) is 0.452. The van der Waals surface area contributed by atoms with Gasteiger partial charge in [-0.25, -0.2) is 23.8 Å². The number of aromatic nitrogens is 3. The molecule has 2 fully saturated rings. The Labute approximate surface area is 254 Å². The van der Waals surface area contributed by atoms with Gasteiger partial charge in [-0.1, -0.05) is 6.07 Å². The third kappa shape index (κ3) is 5.63. The van der Waals surface area contributed by atoms with Crippen LogP contribution < -0.4 is 4.90 Å². The van der Waals surface area contributed by atoms with Crippen molar-refractivity contribution in [2.45, 2.75) is 51.5 Å². The summed E-state index contributed by atoms with van der Waals surface area (Å²) in [5.41, 5.74) is 0.0571. The second-order valence-corrected chi connectivity index (χ2v) is 12.1. The van der Waals surface area contributed by atoms with Crippen molar-refractivity contribution in [2.75, 3.05) is 44.3 Å². The van der Waals surface area contributed by atoms with E-state index in [1.165, 1.54) is 28.9 Å². The first kappa shape index (κ1) is 29.7. The second kappa shape index (κ2) is 11.6. The zero-order valence-corrected chi connectivity index (χ0v) is 24.9. The number of carbonyl (C=O) groups is 2. The maximum absolute atomic E-state index is 15.1. The van der Waals surface area contributed by atoms with Crippen LogP contribution in [-0.2, 0) is 16.0 Å². The molecule has 230 valence electrons. The average molecular weight is 604 g/mol. The van der Waals surface area contributed by atoms with Crippen molar-refractivity contribution >= 4 is 17.8 Å². The van der Waals surface area contributed by atoms with Crippen LogP contribution in [0.5, 0.6) is 0 Å². The molecule has 1 unspecified atom stereocenters. The summed E-state index contributed by atoms with van der Waals surface area (Å²) in [5, 5.41) is 25.3. The number of morpholine rings is 1. The molecule has 1 N–H and O–H groups in total. The predicted octanol–water partition coefficient (Wildman–Crippen LogP) is 3.11. The number of amides is 2. The van der Waals surface area contributed by atoms with Gasteiger partial charge in [0.15, 0.2) is 5.82 Å². The number of hydrogen-bond acceptors (Lipinski definition) is 10. The number of fused-ring (bicyclic) bond motifs is 1. The first-order valence-electron chi connectivity index (χ1n) is 14.6. The summed E-state index contributed by atoms with van der Waals surface area (Å²) in [7, 11) is 0. The van der Waals surface area contributed by atoms with Gasteiger partial charge in [-0.05, 0) is 45.4 Å². The number of benzene rings is 1. The van der Waals surface area contributed by atoms with Crippen molar-refractivity contribution in [1.82, 2.24) is 24.6 Å². The van der Waals surface area contributed by atoms with Gasteiger partial charge >= 0.3 is 6.09 Å². The molecule has 2 saturated heterocycles. The van der Waals surface area contributed by atoms with Crippen molar-refractivity contribution in [3.8, 4) is 23.0 Å². The van der Waals surface area contributed by atoms with Crippen molar-refractivity contribution in [1.29, 1.82) is 5.26 Å². The number of aliphatic hydroxyl groups is 1. The molecule has 2 amide bonds. The summed E-state index contributed by atoms with van der Waals surface area (Å²) in [6, 6.07) is 9.44. The lowest BCUT2D eigenvalue weighted by Gasteiger charge is -2.43. The van der Waals surface area contributed by atoms with Gasteiger partial charge < -0.3 is 19.5 Å². The summed E-state index contributed by atoms with van der Waals surface area (Å²) in [4.78, 5) is 36.5. The first-order chi connectivity index (χ1) is 21.0. The zero-order valence-electron chi connectivity index (χ0n) is 24.9. The minimum Gasteiger partial charge on any atom is -0.443 e. The standard InChI is InChI=1S/C31H34FN7O5/c1-31(2,3)44-30(42)38-17-22-28(29(38)41)23(15-21(34-22)27-19(16-33)5-4-6-20(27)32)39-10-8-26(35-39)37-9-7-25(40)24(18-37)36-11-13-43-14-12-36/h4-6,8,10,15,24-25,40H,7,9,11-14,17-18H2,1-3H3/t24?,25-/m1/s1. The highest BCUT2D eigenvalue weighted by Crippen LogP contribution is 2.35. The van der Waals surface area contributed by atoms with Crippen molar-refractivity contribution in [3.05, 3.63) is 59.2 Å². The zero-order chi connectivity index (χ0) is 31.2. The largest absolute Gasteiger partial charge is 0.443 e. The van der Waals surface area contributed by atoms with E-state index in [1.807, 2.05) is 12.1 Å². The number of pyridine rings is 1. The summed E-state index contributed by atoms with van der Waals surface area (Å²) in [6.45, 7) is 8.81. The Morgan fingerprint density at radius 3 is 2.68 bits per heavy atom. The fourth-order valence-electron chi connectivity index (χ4n) is 5.95. The summed E-state index contributed by atoms with van der Waals surface area (Å²) in [5.74, 6) is -0.610. The van der Waals surface area contributed by atoms with Crippen LogP contribution in [0.4, 0.5) is 15.0 Å². The highest BCUT2D eigenvalue weighted by atomic mass is 19.1. The molecule has 3 aromatic rings. The summed E-state index contributed by atoms with van der Waals surface area (Å²) < 4.78 is 27.6. The van der Waals surface area contributed by atoms with Gasteiger partial charge in [-0.3, -0.25) is 9.69 Å². The number of carbonyl (C=O) groups excluding carboxylic acids is 2. The molecule has 0 bridgehead atoms. The van der Waals surface area contributed by atoms with E-state index in [1.54, 1.807) is 27.0 Å². The van der Waals surface area contributed by atoms with Gasteiger partial charge in [0.25, 0.3) is 5.91 Å². The Bertz CT molecular complexity index is 1640. The number of anilines is 1. The van der Waals surface area contributed by atoms with Crippen LogP contribution in [0.15, 0.2) is 36.5 Å². The minimum atomic E-state index is -0.833. The third-order valence-corrected chi connectivity index (χ3v) is 8.05. The number of imide groups is 1. The predicted molar refractivity (Wildman–Crippen MR) is 157 cm³/mol. The van der Waals surface area contributed by atoms with E-state index in [0.717, 1.165) is 18.0 Å². The topological polar surface area (TPSA) is 137 Å². The normalized spacial score (nSPS) is 20.9. The van der Waals surface area contributed by atoms with E-state index in [-0.39, 0.29) is 40.7 Å². The van der Waals surface area contributed by atoms with Crippen LogP contribution in [0.25, 0.3) is 16.9 Å². The molecule has 12 nitrogen and oxygen atoms in total. The molecular weight excluding hydrogens is 569 g/mol. The van der Waals surface area contributed by atoms with Gasteiger partial charge in [0.05, 0.1) is 71.7 Å². The number of ether oxygens (including phenoxy) is 2. The molecule has 13 heteroatoms. The summed E-state index contributed by atoms with van der Waals surface area (Å²) >= 11 is 0. The molecule has 0 spiro atoms. The molecule has 2 atom stereocenters. The maximum Gasteiger partial charge on any atom is 0.417 e. The van der Waals surface area contributed by atoms with E-state index in [4.69, 9.17) is 14.6 Å². The molecule has 0 aliphatic carbocycles. The number of halogens is 1. The van der Waals surface area contributed by atoms with Gasteiger partial charge in [-0.15, -0.1) is 0 Å². The highest BCUT2D eigenvalue weighted by Gasteiger charge is 2.40. The van der Waals surface area contributed by atoms with E-state index < -0.39 is 29.5 Å². The Morgan fingerprint density at radius 2 is 1.95 bits per heavy atom. The van der Waals surface area contributed by atoms with E-state index in [9.17, 15) is 20.0 Å². The fourth-order valence-corrected chi connectivity index (χ4v) is 5.95. The number of aliphatic hydroxyl groups excluding tert-OH is 1. The lowest BCUT2D eigenvalue weighted by molar-refractivity contribution is -0.0267. The molecule has 1 aromatic carbocycles. The summed E-state index contributed by atoms with van der Waals surface area (Å²) in [6.07, 6.45) is 0.972. The maximum atomic E-state index is 15.1. The minimum absolute atomic E-state index is 0.00651. The van der Waals surface area contributed by atoms with Crippen molar-refractivity contribution in [2.24, 2.45) is 0 Å². The Balaban J connectivity index is 1.39. The van der Waals surface area contributed by atoms with Crippen LogP contribution >= 0.6 is 0 Å². The molecular formula is C31H34FN7O5. The number of piperidine rings is 1. The lowest BCUT2D eigenvalue weighted by Crippen LogP contribution is -2.58. The lowest BCUT2D eigenvalue weighted by atomic mass is 10.00. The quantitative estimate of drug-likeness (QED) is 0.474. The highest BCUT2D eigenvalue weighted by molar-refractivity contribution is 6.08. The van der Waals surface area contributed by atoms with E-state index in [2.05, 4.69) is 14.8 Å². The van der Waals surface area contributed by atoms with Crippen LogP contribution in [0, 0.1) is 17.1 Å². The molecule has 3 aliphatic rings. The van der Waals surface area contributed by atoms with E-state index in [0.29, 0.717) is 44.2 Å². The SMILES string of the molecule is CC(C)(C)OC(=O)N1Cc2nc(-c3c(F)cccc3C#N)cc(-n3ccc(N4CC[C@@H](O)C(N5CCOCC5)C4)n3)c2C1=O. The molecule has 6 rings (SSSR count). The molecule has 3 aliphatic heterocycles. The smallest absolute Gasteiger partial charge is 0.417 e. The molecule has 0 radical (unpaired) electrons. The van der Waals surface area contributed by atoms with Gasteiger partial charge in [-0.2, -0.15) is 10.4 Å². The molecule has 5 heterocycles. The number of nitrogens with zero attached hydrogens (tertiary/aromatic N) is 7. The second-order valence-electron chi connectivity index (χ2n) is 12.1. The van der Waals surface area contributed by atoms with Crippen LogP contribution in [0.2, 0.25) is 0 Å². The molecule has 44 heavy (non-hydrogen) atoms. The van der Waals surface area contributed by atoms with Crippen LogP contribution in [0.3, 0.4) is 0 Å². The van der Waals surface area contributed by atoms with Crippen LogP contribution in [-0.4, -0.2) is 98.8 Å². The van der Waals surface area contributed by atoms with Gasteiger partial charge in [0, 0.05) is 38.4 Å². The molecule has 0 saturated carbocycles. The Morgan fingerprint density at radius 1 is 1.18 bits per heavy atom. The van der Waals surface area contributed by atoms with Crippen molar-refractivity contribution < 1.29 is 28.6 Å². The molecule has 2 aromatic heterocycles. The van der Waals surface area contributed by atoms with Gasteiger partial charge in [0.1, 0.15) is 11.4 Å². The monoisotopic (exact) mass is 603 g/mol. The average Bonchev–Trinajstić information content (AvgIpc) is 3.62. The Hall–Kier alpha value is -4.38. The van der Waals surface area contributed by atoms with Crippen LogP contribution in [0.1, 0.15) is 48.8 Å². The number of rotatable bonds is 4. The number of hydrogen-bond donors (Lipinski definition) is 1. The number of nitriles is 1. The Kier molecular flexibility index (Phi) is 7.83. The van der Waals surface area contributed by atoms with Gasteiger partial charge in [0.2, 0.25) is 0 Å².